The molecule has 3 aromatic carbocycles. The molecule has 0 saturated carbocycles. The average molecular weight is 691 g/mol. The van der Waals surface area contributed by atoms with Crippen molar-refractivity contribution < 1.29 is 17.1 Å². The number of benzene rings is 3. The van der Waals surface area contributed by atoms with Crippen molar-refractivity contribution in [1.82, 2.24) is 29.9 Å². The largest absolute Gasteiger partial charge is 0.355 e. The van der Waals surface area contributed by atoms with Crippen molar-refractivity contribution in [1.29, 1.82) is 0 Å². The Balaban J connectivity index is 0.000000140. The van der Waals surface area contributed by atoms with Crippen LogP contribution in [0.15, 0.2) is 134 Å². The summed E-state index contributed by atoms with van der Waals surface area (Å²) in [7, 11) is 0. The first-order chi connectivity index (χ1) is 23.2. The summed E-state index contributed by atoms with van der Waals surface area (Å²) in [5.74, 6) is 0. The molecule has 0 atom stereocenters. The zero-order chi connectivity index (χ0) is 31.4. The van der Waals surface area contributed by atoms with E-state index in [1.54, 1.807) is 12.4 Å². The Labute approximate surface area is 299 Å². The van der Waals surface area contributed by atoms with Crippen molar-refractivity contribution in [3.63, 3.8) is 0 Å². The fourth-order valence-electron chi connectivity index (χ4n) is 5.93. The molecular weight excluding hydrogens is 660 g/mol. The number of fused-ring (bicyclic) bond motifs is 12. The minimum atomic E-state index is 0. The number of nitrogens with one attached hydrogen (secondary N) is 2. The maximum Gasteiger partial charge on any atom is 0.0886 e. The van der Waals surface area contributed by atoms with Crippen LogP contribution in [0.4, 0.5) is 0 Å². The average Bonchev–Trinajstić information content (AvgIpc) is 3.95. The Morgan fingerprint density at radius 3 is 1.29 bits per heavy atom. The first-order valence-electron chi connectivity index (χ1n) is 15.6. The molecule has 2 aliphatic heterocycles. The van der Waals surface area contributed by atoms with E-state index in [-0.39, 0.29) is 28.0 Å². The van der Waals surface area contributed by atoms with Gasteiger partial charge in [0, 0.05) is 62.5 Å². The van der Waals surface area contributed by atoms with Gasteiger partial charge in [0.15, 0.2) is 0 Å². The third-order valence-corrected chi connectivity index (χ3v) is 8.12. The van der Waals surface area contributed by atoms with Gasteiger partial charge in [-0.2, -0.15) is 0 Å². The molecule has 0 unspecified atom stereocenters. The van der Waals surface area contributed by atoms with Gasteiger partial charge in [0.25, 0.3) is 0 Å². The van der Waals surface area contributed by atoms with Crippen LogP contribution in [-0.4, -0.2) is 40.9 Å². The van der Waals surface area contributed by atoms with Crippen molar-refractivity contribution in [3.05, 3.63) is 168 Å². The molecule has 6 nitrogen and oxygen atoms in total. The summed E-state index contributed by atoms with van der Waals surface area (Å²) >= 11 is 0. The number of aromatic nitrogens is 6. The van der Waals surface area contributed by atoms with Crippen LogP contribution < -0.4 is 0 Å². The quantitative estimate of drug-likeness (QED) is 0.156. The summed E-state index contributed by atoms with van der Waals surface area (Å²) in [6.45, 7) is 0. The smallest absolute Gasteiger partial charge is 0.0886 e. The molecule has 0 amide bonds. The normalized spacial score (nSPS) is 11.5. The number of hydrogen-bond acceptors (Lipinski definition) is 4. The van der Waals surface area contributed by atoms with Crippen LogP contribution in [0.25, 0.3) is 68.5 Å². The Morgan fingerprint density at radius 2 is 0.816 bits per heavy atom. The first-order valence-corrected chi connectivity index (χ1v) is 15.6. The molecule has 0 fully saturated rings. The van der Waals surface area contributed by atoms with Crippen molar-refractivity contribution in [2.24, 2.45) is 0 Å². The van der Waals surface area contributed by atoms with Gasteiger partial charge in [-0.05, 0) is 114 Å². The summed E-state index contributed by atoms with van der Waals surface area (Å²) in [5, 5.41) is 0. The molecule has 3 aliphatic rings. The van der Waals surface area contributed by atoms with Crippen LogP contribution in [0.2, 0.25) is 0 Å². The van der Waals surface area contributed by atoms with Gasteiger partial charge in [-0.3, -0.25) is 9.97 Å². The fourth-order valence-corrected chi connectivity index (χ4v) is 5.93. The van der Waals surface area contributed by atoms with E-state index in [2.05, 4.69) is 109 Å². The molecule has 1 aliphatic carbocycles. The molecule has 7 aromatic rings. The molecule has 4 radical (unpaired) electrons. The SMILES string of the molecule is C1=Cc2cc3ccc(cc4ccc(cc5nc(cc1n2)C=C5)[nH]4)[nH]3.[Fe].[Si].c1ccc2c(c1)Cc1ccccc1-2.c1ccc2nccnc2c1. The summed E-state index contributed by atoms with van der Waals surface area (Å²) in [6, 6.07) is 41.5. The van der Waals surface area contributed by atoms with Gasteiger partial charge >= 0.3 is 0 Å². The van der Waals surface area contributed by atoms with Crippen molar-refractivity contribution in [2.75, 3.05) is 0 Å². The monoisotopic (exact) mass is 690 g/mol. The molecule has 0 spiro atoms. The van der Waals surface area contributed by atoms with Gasteiger partial charge in [0.2, 0.25) is 0 Å². The summed E-state index contributed by atoms with van der Waals surface area (Å²) in [6.07, 6.45) is 12.5. The van der Waals surface area contributed by atoms with E-state index in [1.165, 1.54) is 22.3 Å². The van der Waals surface area contributed by atoms with E-state index in [9.17, 15) is 0 Å². The van der Waals surface area contributed by atoms with Gasteiger partial charge in [-0.25, -0.2) is 9.97 Å². The number of rotatable bonds is 0. The van der Waals surface area contributed by atoms with Gasteiger partial charge in [0.05, 0.1) is 33.8 Å². The zero-order valence-corrected chi connectivity index (χ0v) is 28.5. The van der Waals surface area contributed by atoms with Crippen LogP contribution in [0.1, 0.15) is 33.9 Å². The molecule has 4 aromatic heterocycles. The standard InChI is InChI=1S/C20H14N4.C13H10.C8H6N2.Fe.Si/c1-2-14-10-16-5-6-18(23-16)12-20-8-7-19(24-20)11-17-4-3-15(22-17)9-13(1)21-14;1-3-7-12-10(5-1)9-11-6-2-4-8-13(11)12;1-2-4-8-7(3-1)9-5-6-10-8;;/h1-12,21-22H;1-8H,9H2;1-6H;;. The Hall–Kier alpha value is -5.66. The van der Waals surface area contributed by atoms with Crippen LogP contribution in [0.5, 0.6) is 0 Å². The minimum absolute atomic E-state index is 0. The maximum atomic E-state index is 4.62. The van der Waals surface area contributed by atoms with Gasteiger partial charge in [-0.15, -0.1) is 0 Å². The number of hydrogen-bond donors (Lipinski definition) is 2. The summed E-state index contributed by atoms with van der Waals surface area (Å²) in [5.41, 5.74) is 15.5. The van der Waals surface area contributed by atoms with Crippen LogP contribution in [0, 0.1) is 0 Å². The van der Waals surface area contributed by atoms with E-state index in [1.807, 2.05) is 66.8 Å². The molecule has 8 bridgehead atoms. The van der Waals surface area contributed by atoms with E-state index < -0.39 is 0 Å². The second-order valence-electron chi connectivity index (χ2n) is 11.4. The second kappa shape index (κ2) is 15.0. The van der Waals surface area contributed by atoms with Crippen LogP contribution in [0.3, 0.4) is 0 Å². The van der Waals surface area contributed by atoms with Crippen molar-refractivity contribution in [2.45, 2.75) is 6.42 Å². The number of nitrogens with zero attached hydrogens (tertiary/aromatic N) is 4. The first kappa shape index (κ1) is 33.2. The summed E-state index contributed by atoms with van der Waals surface area (Å²) in [4.78, 5) is 24.3. The van der Waals surface area contributed by atoms with E-state index in [0.717, 1.165) is 62.3 Å². The second-order valence-corrected chi connectivity index (χ2v) is 11.4. The Kier molecular flexibility index (Phi) is 10.2. The predicted molar refractivity (Wildman–Crippen MR) is 199 cm³/mol. The van der Waals surface area contributed by atoms with Crippen molar-refractivity contribution >= 4 is 68.4 Å². The number of H-pyrrole nitrogens is 2. The molecule has 8 heteroatoms. The molecule has 10 rings (SSSR count). The fraction of sp³-hybridized carbons (Fsp3) is 0.0244. The van der Waals surface area contributed by atoms with Gasteiger partial charge < -0.3 is 9.97 Å². The molecule has 49 heavy (non-hydrogen) atoms. The molecular formula is C41H30FeN6Si. The van der Waals surface area contributed by atoms with Crippen LogP contribution >= 0.6 is 0 Å². The third-order valence-electron chi connectivity index (χ3n) is 8.12. The van der Waals surface area contributed by atoms with Gasteiger partial charge in [0.1, 0.15) is 0 Å². The van der Waals surface area contributed by atoms with E-state index in [4.69, 9.17) is 0 Å². The third kappa shape index (κ3) is 7.74. The molecule has 236 valence electrons. The zero-order valence-electron chi connectivity index (χ0n) is 26.4. The van der Waals surface area contributed by atoms with Crippen molar-refractivity contribution in [3.8, 4) is 11.1 Å². The van der Waals surface area contributed by atoms with Gasteiger partial charge in [-0.1, -0.05) is 60.7 Å². The Bertz CT molecular complexity index is 2280. The topological polar surface area (TPSA) is 83.1 Å². The van der Waals surface area contributed by atoms with E-state index in [0.29, 0.717) is 0 Å². The predicted octanol–water partition coefficient (Wildman–Crippen LogP) is 9.16. The summed E-state index contributed by atoms with van der Waals surface area (Å²) < 4.78 is 0. The molecule has 2 N–H and O–H groups in total. The van der Waals surface area contributed by atoms with E-state index >= 15 is 0 Å². The number of aromatic amines is 2. The molecule has 6 heterocycles. The molecule has 0 saturated heterocycles. The van der Waals surface area contributed by atoms with Crippen LogP contribution in [-0.2, 0) is 23.5 Å². The Morgan fingerprint density at radius 1 is 0.429 bits per heavy atom. The maximum absolute atomic E-state index is 4.62. The number of para-hydroxylation sites is 2. The minimum Gasteiger partial charge on any atom is -0.355 e.